The van der Waals surface area contributed by atoms with E-state index in [1.165, 1.54) is 87.5 Å². The summed E-state index contributed by atoms with van der Waals surface area (Å²) in [4.78, 5) is 0. The van der Waals surface area contributed by atoms with Crippen LogP contribution in [0.2, 0.25) is 5.02 Å². The van der Waals surface area contributed by atoms with E-state index < -0.39 is 11.6 Å². The van der Waals surface area contributed by atoms with E-state index in [1.54, 1.807) is 24.3 Å². The van der Waals surface area contributed by atoms with Crippen LogP contribution < -0.4 is 0 Å². The van der Waals surface area contributed by atoms with E-state index in [9.17, 15) is 8.78 Å². The molecule has 3 aromatic carbocycles. The van der Waals surface area contributed by atoms with Gasteiger partial charge < -0.3 is 0 Å². The summed E-state index contributed by atoms with van der Waals surface area (Å²) >= 11 is 5.91. The fourth-order valence-corrected chi connectivity index (χ4v) is 5.79. The van der Waals surface area contributed by atoms with Crippen LogP contribution in [0.5, 0.6) is 0 Å². The molecule has 0 radical (unpaired) electrons. The number of hydrogen-bond acceptors (Lipinski definition) is 0. The Labute approximate surface area is 221 Å². The van der Waals surface area contributed by atoms with Crippen molar-refractivity contribution in [3.8, 4) is 11.1 Å². The summed E-state index contributed by atoms with van der Waals surface area (Å²) in [6.45, 7) is 2.25. The van der Waals surface area contributed by atoms with Crippen molar-refractivity contribution in [2.45, 2.75) is 84.0 Å². The highest BCUT2D eigenvalue weighted by Crippen LogP contribution is 2.35. The van der Waals surface area contributed by atoms with E-state index in [2.05, 4.69) is 31.2 Å². The minimum atomic E-state index is -0.495. The zero-order valence-electron chi connectivity index (χ0n) is 21.5. The van der Waals surface area contributed by atoms with Crippen molar-refractivity contribution in [3.05, 3.63) is 94.0 Å². The van der Waals surface area contributed by atoms with Crippen molar-refractivity contribution >= 4 is 11.6 Å². The summed E-state index contributed by atoms with van der Waals surface area (Å²) in [5, 5.41) is 0.553. The molecule has 192 valence electrons. The van der Waals surface area contributed by atoms with Gasteiger partial charge in [-0.1, -0.05) is 93.4 Å². The highest BCUT2D eigenvalue weighted by molar-refractivity contribution is 6.30. The molecule has 1 saturated carbocycles. The highest BCUT2D eigenvalue weighted by Gasteiger charge is 2.21. The molecule has 0 bridgehead atoms. The summed E-state index contributed by atoms with van der Waals surface area (Å²) in [6.07, 6.45) is 14.3. The van der Waals surface area contributed by atoms with Crippen molar-refractivity contribution in [1.29, 1.82) is 0 Å². The standard InChI is InChI=1S/C33H39ClF2/c1-2-3-4-5-24-6-8-25(9-7-24)10-11-26-12-14-27(15-13-26)16-17-28-22-31(35)33(32(36)23-28)29-18-20-30(34)21-19-29/h6-9,18-23,26-27H,2-5,10-17H2,1H3/t26-,27-. The lowest BCUT2D eigenvalue weighted by Gasteiger charge is -2.28. The normalized spacial score (nSPS) is 17.9. The van der Waals surface area contributed by atoms with E-state index in [0.29, 0.717) is 16.5 Å². The zero-order valence-corrected chi connectivity index (χ0v) is 22.3. The molecule has 1 fully saturated rings. The van der Waals surface area contributed by atoms with Gasteiger partial charge in [-0.05, 0) is 96.9 Å². The Hall–Kier alpha value is -2.19. The summed E-state index contributed by atoms with van der Waals surface area (Å²) < 4.78 is 29.5. The van der Waals surface area contributed by atoms with Crippen LogP contribution in [0.25, 0.3) is 11.1 Å². The second-order valence-corrected chi connectivity index (χ2v) is 11.1. The van der Waals surface area contributed by atoms with Crippen LogP contribution in [0.3, 0.4) is 0 Å². The van der Waals surface area contributed by atoms with Gasteiger partial charge in [-0.15, -0.1) is 0 Å². The maximum absolute atomic E-state index is 14.8. The van der Waals surface area contributed by atoms with E-state index >= 15 is 0 Å². The van der Waals surface area contributed by atoms with Crippen molar-refractivity contribution in [3.63, 3.8) is 0 Å². The smallest absolute Gasteiger partial charge is 0.134 e. The van der Waals surface area contributed by atoms with Crippen LogP contribution in [0.1, 0.15) is 81.4 Å². The molecule has 0 nitrogen and oxygen atoms in total. The second-order valence-electron chi connectivity index (χ2n) is 10.7. The number of benzene rings is 3. The van der Waals surface area contributed by atoms with Gasteiger partial charge in [0.05, 0.1) is 5.56 Å². The first-order chi connectivity index (χ1) is 17.5. The van der Waals surface area contributed by atoms with E-state index in [-0.39, 0.29) is 5.56 Å². The SMILES string of the molecule is CCCCCc1ccc(CC[C@H]2CC[C@H](CCc3cc(F)c(-c4ccc(Cl)cc4)c(F)c3)CC2)cc1. The van der Waals surface area contributed by atoms with Crippen LogP contribution in [0, 0.1) is 23.5 Å². The molecule has 36 heavy (non-hydrogen) atoms. The summed E-state index contributed by atoms with van der Waals surface area (Å²) in [5.74, 6) is 0.472. The number of hydrogen-bond donors (Lipinski definition) is 0. The Morgan fingerprint density at radius 3 is 1.69 bits per heavy atom. The Balaban J connectivity index is 1.20. The van der Waals surface area contributed by atoms with Crippen molar-refractivity contribution < 1.29 is 8.78 Å². The van der Waals surface area contributed by atoms with Crippen LogP contribution in [-0.4, -0.2) is 0 Å². The van der Waals surface area contributed by atoms with E-state index in [1.807, 2.05) is 0 Å². The molecule has 3 heteroatoms. The fraction of sp³-hybridized carbons (Fsp3) is 0.455. The molecule has 0 aromatic heterocycles. The molecule has 0 aliphatic heterocycles. The first-order valence-electron chi connectivity index (χ1n) is 13.8. The number of aryl methyl sites for hydroxylation is 3. The Bertz CT molecular complexity index is 1060. The fourth-order valence-electron chi connectivity index (χ4n) is 5.66. The molecule has 4 rings (SSSR count). The van der Waals surface area contributed by atoms with Crippen molar-refractivity contribution in [2.24, 2.45) is 11.8 Å². The van der Waals surface area contributed by atoms with E-state index in [0.717, 1.165) is 24.3 Å². The minimum Gasteiger partial charge on any atom is -0.206 e. The zero-order chi connectivity index (χ0) is 25.3. The third kappa shape index (κ3) is 7.65. The molecular weight excluding hydrogens is 470 g/mol. The van der Waals surface area contributed by atoms with Crippen LogP contribution in [-0.2, 0) is 19.3 Å². The maximum atomic E-state index is 14.8. The molecule has 3 aromatic rings. The molecule has 0 amide bonds. The molecule has 1 aliphatic rings. The van der Waals surface area contributed by atoms with Crippen LogP contribution in [0.15, 0.2) is 60.7 Å². The second kappa shape index (κ2) is 13.4. The molecule has 0 saturated heterocycles. The predicted octanol–water partition coefficient (Wildman–Crippen LogP) is 10.4. The number of unbranched alkanes of at least 4 members (excludes halogenated alkanes) is 2. The van der Waals surface area contributed by atoms with Crippen LogP contribution >= 0.6 is 11.6 Å². The van der Waals surface area contributed by atoms with Gasteiger partial charge in [0.1, 0.15) is 11.6 Å². The van der Waals surface area contributed by atoms with Crippen molar-refractivity contribution in [1.82, 2.24) is 0 Å². The third-order valence-corrected chi connectivity index (χ3v) is 8.23. The predicted molar refractivity (Wildman–Crippen MR) is 149 cm³/mol. The van der Waals surface area contributed by atoms with Gasteiger partial charge in [0, 0.05) is 5.02 Å². The average Bonchev–Trinajstić information content (AvgIpc) is 2.88. The molecule has 0 atom stereocenters. The minimum absolute atomic E-state index is 0.0297. The van der Waals surface area contributed by atoms with Gasteiger partial charge >= 0.3 is 0 Å². The van der Waals surface area contributed by atoms with Gasteiger partial charge in [-0.3, -0.25) is 0 Å². The number of rotatable bonds is 11. The van der Waals surface area contributed by atoms with Gasteiger partial charge in [-0.25, -0.2) is 8.78 Å². The number of halogens is 3. The van der Waals surface area contributed by atoms with Gasteiger partial charge in [0.15, 0.2) is 0 Å². The van der Waals surface area contributed by atoms with Crippen LogP contribution in [0.4, 0.5) is 8.78 Å². The summed E-state index contributed by atoms with van der Waals surface area (Å²) in [6, 6.07) is 18.9. The molecule has 0 heterocycles. The van der Waals surface area contributed by atoms with E-state index in [4.69, 9.17) is 11.6 Å². The lowest BCUT2D eigenvalue weighted by Crippen LogP contribution is -2.16. The highest BCUT2D eigenvalue weighted by atomic mass is 35.5. The molecule has 0 unspecified atom stereocenters. The molecule has 0 N–H and O–H groups in total. The molecule has 1 aliphatic carbocycles. The first kappa shape index (κ1) is 26.9. The topological polar surface area (TPSA) is 0 Å². The molecular formula is C33H39ClF2. The maximum Gasteiger partial charge on any atom is 0.134 e. The Morgan fingerprint density at radius 2 is 1.17 bits per heavy atom. The quantitative estimate of drug-likeness (QED) is 0.226. The Morgan fingerprint density at radius 1 is 0.667 bits per heavy atom. The Kier molecular flexibility index (Phi) is 9.98. The van der Waals surface area contributed by atoms with Gasteiger partial charge in [0.2, 0.25) is 0 Å². The first-order valence-corrected chi connectivity index (χ1v) is 14.2. The van der Waals surface area contributed by atoms with Gasteiger partial charge in [-0.2, -0.15) is 0 Å². The van der Waals surface area contributed by atoms with Crippen molar-refractivity contribution in [2.75, 3.05) is 0 Å². The largest absolute Gasteiger partial charge is 0.206 e. The monoisotopic (exact) mass is 508 g/mol. The lowest BCUT2D eigenvalue weighted by atomic mass is 9.77. The molecule has 0 spiro atoms. The average molecular weight is 509 g/mol. The lowest BCUT2D eigenvalue weighted by molar-refractivity contribution is 0.253. The summed E-state index contributed by atoms with van der Waals surface area (Å²) in [7, 11) is 0. The summed E-state index contributed by atoms with van der Waals surface area (Å²) in [5.41, 5.74) is 4.22. The third-order valence-electron chi connectivity index (χ3n) is 7.98. The van der Waals surface area contributed by atoms with Gasteiger partial charge in [0.25, 0.3) is 0 Å².